The molecule has 23 heavy (non-hydrogen) atoms. The molecule has 0 unspecified atom stereocenters. The maximum absolute atomic E-state index is 5.94. The van der Waals surface area contributed by atoms with Gasteiger partial charge in [0.05, 0.1) is 18.5 Å². The van der Waals surface area contributed by atoms with E-state index < -0.39 is 0 Å². The number of para-hydroxylation sites is 1. The van der Waals surface area contributed by atoms with Crippen molar-refractivity contribution in [3.63, 3.8) is 0 Å². The number of ether oxygens (including phenoxy) is 1. The van der Waals surface area contributed by atoms with E-state index in [0.29, 0.717) is 0 Å². The first-order valence-electron chi connectivity index (χ1n) is 7.44. The van der Waals surface area contributed by atoms with Gasteiger partial charge in [0.25, 0.3) is 0 Å². The van der Waals surface area contributed by atoms with Crippen molar-refractivity contribution in [1.29, 1.82) is 0 Å². The van der Waals surface area contributed by atoms with Crippen molar-refractivity contribution in [2.24, 2.45) is 0 Å². The number of anilines is 1. The highest BCUT2D eigenvalue weighted by molar-refractivity contribution is 5.74. The van der Waals surface area contributed by atoms with Gasteiger partial charge in [-0.15, -0.1) is 0 Å². The Bertz CT molecular complexity index is 859. The third-order valence-electron chi connectivity index (χ3n) is 3.78. The van der Waals surface area contributed by atoms with Crippen LogP contribution in [0.5, 0.6) is 5.75 Å². The molecule has 1 heterocycles. The van der Waals surface area contributed by atoms with E-state index in [2.05, 4.69) is 42.0 Å². The van der Waals surface area contributed by atoms with Crippen LogP contribution in [0, 0.1) is 13.8 Å². The second-order valence-electron chi connectivity index (χ2n) is 5.52. The average Bonchev–Trinajstić information content (AvgIpc) is 2.54. The van der Waals surface area contributed by atoms with Gasteiger partial charge < -0.3 is 10.5 Å². The summed E-state index contributed by atoms with van der Waals surface area (Å²) >= 11 is 0. The number of hydrogen-bond acceptors (Lipinski definition) is 4. The van der Waals surface area contributed by atoms with E-state index in [4.69, 9.17) is 10.5 Å². The number of nitrogens with two attached hydrogens (primary N) is 1. The minimum atomic E-state index is 0.253. The number of aryl methyl sites for hydroxylation is 2. The molecule has 4 heteroatoms. The minimum absolute atomic E-state index is 0.253. The fourth-order valence-electron chi connectivity index (χ4n) is 2.70. The predicted octanol–water partition coefficient (Wildman–Crippen LogP) is 4.02. The number of nitrogens with zero attached hydrogens (tertiary/aromatic N) is 2. The summed E-state index contributed by atoms with van der Waals surface area (Å²) in [7, 11) is 1.65. The molecule has 0 saturated carbocycles. The van der Waals surface area contributed by atoms with E-state index >= 15 is 0 Å². The molecule has 0 aliphatic rings. The number of methoxy groups -OCH3 is 1. The van der Waals surface area contributed by atoms with Crippen LogP contribution in [0.1, 0.15) is 11.1 Å². The molecule has 0 spiro atoms. The van der Waals surface area contributed by atoms with Gasteiger partial charge in [-0.2, -0.15) is 0 Å². The number of nitrogen functional groups attached to an aromatic ring is 1. The zero-order valence-electron chi connectivity index (χ0n) is 13.5. The van der Waals surface area contributed by atoms with Crippen LogP contribution in [0.4, 0.5) is 5.95 Å². The van der Waals surface area contributed by atoms with Crippen LogP contribution in [0.15, 0.2) is 48.5 Å². The SMILES string of the molecule is COc1ccccc1-c1cc(-c2ccc(C)cc2C)nc(N)n1. The van der Waals surface area contributed by atoms with Gasteiger partial charge in [0.2, 0.25) is 5.95 Å². The van der Waals surface area contributed by atoms with Crippen LogP contribution in [0.3, 0.4) is 0 Å². The monoisotopic (exact) mass is 305 g/mol. The van der Waals surface area contributed by atoms with E-state index in [1.165, 1.54) is 5.56 Å². The summed E-state index contributed by atoms with van der Waals surface area (Å²) < 4.78 is 5.42. The number of benzene rings is 2. The number of hydrogen-bond donors (Lipinski definition) is 1. The molecule has 0 bridgehead atoms. The fraction of sp³-hybridized carbons (Fsp3) is 0.158. The van der Waals surface area contributed by atoms with Crippen molar-refractivity contribution in [2.45, 2.75) is 13.8 Å². The molecule has 3 rings (SSSR count). The maximum atomic E-state index is 5.94. The standard InChI is InChI=1S/C19H19N3O/c1-12-8-9-14(13(2)10-12)16-11-17(22-19(20)21-16)15-6-4-5-7-18(15)23-3/h4-11H,1-3H3,(H2,20,21,22). The molecular formula is C19H19N3O. The second kappa shape index (κ2) is 6.08. The second-order valence-corrected chi connectivity index (χ2v) is 5.52. The Morgan fingerprint density at radius 2 is 1.57 bits per heavy atom. The van der Waals surface area contributed by atoms with E-state index in [-0.39, 0.29) is 5.95 Å². The molecule has 0 amide bonds. The Hall–Kier alpha value is -2.88. The van der Waals surface area contributed by atoms with Crippen LogP contribution in [0.2, 0.25) is 0 Å². The van der Waals surface area contributed by atoms with Crippen molar-refractivity contribution in [2.75, 3.05) is 12.8 Å². The zero-order valence-corrected chi connectivity index (χ0v) is 13.5. The summed E-state index contributed by atoms with van der Waals surface area (Å²) in [6, 6.07) is 16.0. The van der Waals surface area contributed by atoms with Crippen molar-refractivity contribution >= 4 is 5.95 Å². The van der Waals surface area contributed by atoms with Crippen LogP contribution in [-0.2, 0) is 0 Å². The number of rotatable bonds is 3. The van der Waals surface area contributed by atoms with Gasteiger partial charge in [0, 0.05) is 11.1 Å². The van der Waals surface area contributed by atoms with Crippen molar-refractivity contribution in [3.05, 3.63) is 59.7 Å². The Morgan fingerprint density at radius 1 is 0.870 bits per heavy atom. The van der Waals surface area contributed by atoms with Gasteiger partial charge in [-0.1, -0.05) is 35.9 Å². The van der Waals surface area contributed by atoms with E-state index in [1.54, 1.807) is 7.11 Å². The predicted molar refractivity (Wildman–Crippen MR) is 93.3 cm³/mol. The smallest absolute Gasteiger partial charge is 0.221 e. The lowest BCUT2D eigenvalue weighted by Gasteiger charge is -2.11. The highest BCUT2D eigenvalue weighted by atomic mass is 16.5. The highest BCUT2D eigenvalue weighted by Gasteiger charge is 2.12. The summed E-state index contributed by atoms with van der Waals surface area (Å²) in [5, 5.41) is 0. The van der Waals surface area contributed by atoms with Crippen molar-refractivity contribution in [3.8, 4) is 28.3 Å². The lowest BCUT2D eigenvalue weighted by Crippen LogP contribution is -2.00. The first kappa shape index (κ1) is 15.0. The third-order valence-corrected chi connectivity index (χ3v) is 3.78. The summed E-state index contributed by atoms with van der Waals surface area (Å²) in [4.78, 5) is 8.77. The molecule has 0 aliphatic carbocycles. The topological polar surface area (TPSA) is 61.0 Å². The Morgan fingerprint density at radius 3 is 2.26 bits per heavy atom. The van der Waals surface area contributed by atoms with Crippen LogP contribution < -0.4 is 10.5 Å². The lowest BCUT2D eigenvalue weighted by molar-refractivity contribution is 0.416. The number of aromatic nitrogens is 2. The minimum Gasteiger partial charge on any atom is -0.496 e. The molecule has 0 saturated heterocycles. The van der Waals surface area contributed by atoms with Crippen LogP contribution in [-0.4, -0.2) is 17.1 Å². The van der Waals surface area contributed by atoms with Crippen LogP contribution in [0.25, 0.3) is 22.5 Å². The molecule has 0 radical (unpaired) electrons. The molecule has 116 valence electrons. The van der Waals surface area contributed by atoms with Crippen LogP contribution >= 0.6 is 0 Å². The zero-order chi connectivity index (χ0) is 16.4. The Kier molecular flexibility index (Phi) is 3.98. The van der Waals surface area contributed by atoms with E-state index in [9.17, 15) is 0 Å². The summed E-state index contributed by atoms with van der Waals surface area (Å²) in [5.74, 6) is 1.01. The molecule has 1 aromatic heterocycles. The van der Waals surface area contributed by atoms with Gasteiger partial charge in [0.1, 0.15) is 5.75 Å². The average molecular weight is 305 g/mol. The first-order valence-corrected chi connectivity index (χ1v) is 7.44. The van der Waals surface area contributed by atoms with Crippen molar-refractivity contribution < 1.29 is 4.74 Å². The molecule has 4 nitrogen and oxygen atoms in total. The molecule has 3 aromatic rings. The normalized spacial score (nSPS) is 10.6. The largest absolute Gasteiger partial charge is 0.496 e. The van der Waals surface area contributed by atoms with Gasteiger partial charge >= 0.3 is 0 Å². The van der Waals surface area contributed by atoms with E-state index in [0.717, 1.165) is 33.8 Å². The molecule has 2 aromatic carbocycles. The highest BCUT2D eigenvalue weighted by Crippen LogP contribution is 2.31. The quantitative estimate of drug-likeness (QED) is 0.794. The van der Waals surface area contributed by atoms with Gasteiger partial charge in [-0.05, 0) is 37.6 Å². The van der Waals surface area contributed by atoms with Crippen molar-refractivity contribution in [1.82, 2.24) is 9.97 Å². The molecule has 2 N–H and O–H groups in total. The molecule has 0 atom stereocenters. The fourth-order valence-corrected chi connectivity index (χ4v) is 2.70. The Balaban J connectivity index is 2.16. The molecule has 0 aliphatic heterocycles. The summed E-state index contributed by atoms with van der Waals surface area (Å²) in [6.07, 6.45) is 0. The summed E-state index contributed by atoms with van der Waals surface area (Å²) in [6.45, 7) is 4.15. The lowest BCUT2D eigenvalue weighted by atomic mass is 10.0. The third kappa shape index (κ3) is 3.01. The van der Waals surface area contributed by atoms with Gasteiger partial charge in [0.15, 0.2) is 0 Å². The maximum Gasteiger partial charge on any atom is 0.221 e. The molecular weight excluding hydrogens is 286 g/mol. The summed E-state index contributed by atoms with van der Waals surface area (Å²) in [5.41, 5.74) is 11.8. The Labute approximate surface area is 136 Å². The van der Waals surface area contributed by atoms with Gasteiger partial charge in [-0.25, -0.2) is 9.97 Å². The van der Waals surface area contributed by atoms with Gasteiger partial charge in [-0.3, -0.25) is 0 Å². The van der Waals surface area contributed by atoms with E-state index in [1.807, 2.05) is 30.3 Å². The first-order chi connectivity index (χ1) is 11.1. The molecule has 0 fully saturated rings.